The molecule has 0 spiro atoms. The van der Waals surface area contributed by atoms with Gasteiger partial charge in [0.05, 0.1) is 17.0 Å². The number of H-pyrrole nitrogens is 1. The van der Waals surface area contributed by atoms with Crippen LogP contribution in [0.1, 0.15) is 38.2 Å². The Labute approximate surface area is 182 Å². The number of nitrogens with one attached hydrogen (secondary N) is 1. The van der Waals surface area contributed by atoms with Gasteiger partial charge >= 0.3 is 5.97 Å². The predicted octanol–water partition coefficient (Wildman–Crippen LogP) is 6.65. The van der Waals surface area contributed by atoms with Crippen molar-refractivity contribution in [2.24, 2.45) is 0 Å². The van der Waals surface area contributed by atoms with E-state index >= 15 is 0 Å². The van der Waals surface area contributed by atoms with Crippen molar-refractivity contribution in [1.29, 1.82) is 0 Å². The number of nitrogens with zero attached hydrogens (tertiary/aromatic N) is 1. The fraction of sp³-hybridized carbons (Fsp3) is 0.185. The van der Waals surface area contributed by atoms with E-state index in [2.05, 4.69) is 51.7 Å². The van der Waals surface area contributed by atoms with Crippen molar-refractivity contribution in [1.82, 2.24) is 9.97 Å². The Bertz CT molecular complexity index is 1250. The van der Waals surface area contributed by atoms with E-state index in [1.807, 2.05) is 18.2 Å². The lowest BCUT2D eigenvalue weighted by Crippen LogP contribution is -2.00. The smallest absolute Gasteiger partial charge is 0.335 e. The molecule has 0 aliphatic rings. The fourth-order valence-electron chi connectivity index (χ4n) is 4.14. The summed E-state index contributed by atoms with van der Waals surface area (Å²) in [6.45, 7) is 10.9. The quantitative estimate of drug-likeness (QED) is 0.396. The van der Waals surface area contributed by atoms with Crippen LogP contribution in [0.3, 0.4) is 0 Å². The Morgan fingerprint density at radius 3 is 1.84 bits per heavy atom. The van der Waals surface area contributed by atoms with E-state index < -0.39 is 5.97 Å². The Kier molecular flexibility index (Phi) is 5.24. The summed E-state index contributed by atoms with van der Waals surface area (Å²) in [7, 11) is 0. The lowest BCUT2D eigenvalue weighted by molar-refractivity contribution is 0.0697. The van der Waals surface area contributed by atoms with Crippen LogP contribution in [0.4, 0.5) is 0 Å². The SMILES string of the molecule is Cc1c(C)c(C)c(-c2[nH]c(-c3ccc(C(=O)O)cc3)nc2-c2ccccc2)c(C)c1C. The van der Waals surface area contributed by atoms with Crippen LogP contribution in [0.2, 0.25) is 0 Å². The number of rotatable bonds is 4. The summed E-state index contributed by atoms with van der Waals surface area (Å²) in [5, 5.41) is 9.20. The van der Waals surface area contributed by atoms with Crippen molar-refractivity contribution in [3.63, 3.8) is 0 Å². The summed E-state index contributed by atoms with van der Waals surface area (Å²) in [6.07, 6.45) is 0. The molecule has 0 radical (unpaired) electrons. The highest BCUT2D eigenvalue weighted by Gasteiger charge is 2.21. The number of aromatic nitrogens is 2. The number of benzene rings is 3. The average Bonchev–Trinajstić information content (AvgIpc) is 3.22. The second kappa shape index (κ2) is 7.88. The molecule has 0 aliphatic heterocycles. The van der Waals surface area contributed by atoms with Gasteiger partial charge in [-0.2, -0.15) is 0 Å². The van der Waals surface area contributed by atoms with E-state index in [9.17, 15) is 9.90 Å². The van der Waals surface area contributed by atoms with Crippen molar-refractivity contribution < 1.29 is 9.90 Å². The normalized spacial score (nSPS) is 11.0. The van der Waals surface area contributed by atoms with Gasteiger partial charge in [0.25, 0.3) is 0 Å². The van der Waals surface area contributed by atoms with Crippen molar-refractivity contribution in [2.75, 3.05) is 0 Å². The van der Waals surface area contributed by atoms with Crippen LogP contribution in [-0.4, -0.2) is 21.0 Å². The molecule has 4 aromatic rings. The van der Waals surface area contributed by atoms with Crippen LogP contribution < -0.4 is 0 Å². The van der Waals surface area contributed by atoms with Gasteiger partial charge in [-0.1, -0.05) is 42.5 Å². The topological polar surface area (TPSA) is 66.0 Å². The molecule has 0 atom stereocenters. The molecule has 3 aromatic carbocycles. The minimum atomic E-state index is -0.937. The zero-order valence-electron chi connectivity index (χ0n) is 18.5. The van der Waals surface area contributed by atoms with Crippen LogP contribution in [0.15, 0.2) is 54.6 Å². The summed E-state index contributed by atoms with van der Waals surface area (Å²) in [5.74, 6) is -0.214. The number of carbonyl (C=O) groups is 1. The second-order valence-electron chi connectivity index (χ2n) is 8.06. The molecule has 0 fully saturated rings. The number of hydrogen-bond acceptors (Lipinski definition) is 2. The third-order valence-corrected chi connectivity index (χ3v) is 6.41. The third-order valence-electron chi connectivity index (χ3n) is 6.41. The van der Waals surface area contributed by atoms with E-state index in [-0.39, 0.29) is 5.56 Å². The molecular formula is C27H26N2O2. The Morgan fingerprint density at radius 1 is 0.742 bits per heavy atom. The highest BCUT2D eigenvalue weighted by molar-refractivity contribution is 5.89. The van der Waals surface area contributed by atoms with E-state index in [1.165, 1.54) is 33.4 Å². The first-order valence-corrected chi connectivity index (χ1v) is 10.4. The average molecular weight is 411 g/mol. The molecule has 0 unspecified atom stereocenters. The molecule has 156 valence electrons. The largest absolute Gasteiger partial charge is 0.478 e. The summed E-state index contributed by atoms with van der Waals surface area (Å²) >= 11 is 0. The number of imidazole rings is 1. The second-order valence-corrected chi connectivity index (χ2v) is 8.06. The lowest BCUT2D eigenvalue weighted by atomic mass is 9.87. The molecule has 2 N–H and O–H groups in total. The minimum absolute atomic E-state index is 0.260. The van der Waals surface area contributed by atoms with Gasteiger partial charge < -0.3 is 10.1 Å². The standard InChI is InChI=1S/C27H26N2O2/c1-15-16(2)18(4)23(19(5)17(15)3)25-24(20-9-7-6-8-10-20)28-26(29-25)21-11-13-22(14-12-21)27(30)31/h6-14H,1-5H3,(H,28,29)(H,30,31). The van der Waals surface area contributed by atoms with Crippen LogP contribution in [0, 0.1) is 34.6 Å². The van der Waals surface area contributed by atoms with Crippen molar-refractivity contribution in [2.45, 2.75) is 34.6 Å². The molecule has 1 heterocycles. The van der Waals surface area contributed by atoms with E-state index in [1.54, 1.807) is 24.3 Å². The van der Waals surface area contributed by atoms with Crippen LogP contribution in [0.5, 0.6) is 0 Å². The molecule has 31 heavy (non-hydrogen) atoms. The van der Waals surface area contributed by atoms with Crippen LogP contribution >= 0.6 is 0 Å². The summed E-state index contributed by atoms with van der Waals surface area (Å²) in [6, 6.07) is 17.0. The highest BCUT2D eigenvalue weighted by atomic mass is 16.4. The molecule has 1 aromatic heterocycles. The molecule has 0 aliphatic carbocycles. The molecule has 0 saturated heterocycles. The molecule has 4 nitrogen and oxygen atoms in total. The van der Waals surface area contributed by atoms with Crippen LogP contribution in [0.25, 0.3) is 33.9 Å². The van der Waals surface area contributed by atoms with Gasteiger partial charge in [-0.3, -0.25) is 0 Å². The van der Waals surface area contributed by atoms with Crippen molar-refractivity contribution in [3.8, 4) is 33.9 Å². The number of carboxylic acid groups (broad SMARTS) is 1. The molecule has 4 rings (SSSR count). The Hall–Kier alpha value is -3.66. The maximum absolute atomic E-state index is 11.2. The first kappa shape index (κ1) is 20.6. The summed E-state index contributed by atoms with van der Waals surface area (Å²) in [4.78, 5) is 19.7. The lowest BCUT2D eigenvalue weighted by Gasteiger charge is -2.18. The Morgan fingerprint density at radius 2 is 1.29 bits per heavy atom. The van der Waals surface area contributed by atoms with Gasteiger partial charge in [0.2, 0.25) is 0 Å². The molecule has 4 heteroatoms. The molecule has 0 bridgehead atoms. The van der Waals surface area contributed by atoms with Crippen molar-refractivity contribution >= 4 is 5.97 Å². The maximum Gasteiger partial charge on any atom is 0.335 e. The zero-order valence-corrected chi connectivity index (χ0v) is 18.5. The number of aromatic amines is 1. The van der Waals surface area contributed by atoms with Gasteiger partial charge in [-0.05, 0) is 74.6 Å². The Balaban J connectivity index is 1.98. The monoisotopic (exact) mass is 410 g/mol. The van der Waals surface area contributed by atoms with E-state index in [0.717, 1.165) is 28.3 Å². The predicted molar refractivity (Wildman–Crippen MR) is 126 cm³/mol. The fourth-order valence-corrected chi connectivity index (χ4v) is 4.14. The first-order chi connectivity index (χ1) is 14.8. The third kappa shape index (κ3) is 3.55. The van der Waals surface area contributed by atoms with E-state index in [0.29, 0.717) is 0 Å². The van der Waals surface area contributed by atoms with Gasteiger partial charge in [0.1, 0.15) is 5.82 Å². The number of hydrogen-bond donors (Lipinski definition) is 2. The minimum Gasteiger partial charge on any atom is -0.478 e. The van der Waals surface area contributed by atoms with Crippen molar-refractivity contribution in [3.05, 3.63) is 88.0 Å². The van der Waals surface area contributed by atoms with Crippen LogP contribution in [-0.2, 0) is 0 Å². The molecule has 0 amide bonds. The number of carboxylic acids is 1. The van der Waals surface area contributed by atoms with Gasteiger partial charge in [-0.25, -0.2) is 9.78 Å². The molecule has 0 saturated carbocycles. The van der Waals surface area contributed by atoms with E-state index in [4.69, 9.17) is 4.98 Å². The van der Waals surface area contributed by atoms with Gasteiger partial charge in [0, 0.05) is 16.7 Å². The highest BCUT2D eigenvalue weighted by Crippen LogP contribution is 2.39. The summed E-state index contributed by atoms with van der Waals surface area (Å²) in [5.41, 5.74) is 11.6. The molecular weight excluding hydrogens is 384 g/mol. The zero-order chi connectivity index (χ0) is 22.3. The maximum atomic E-state index is 11.2. The van der Waals surface area contributed by atoms with Gasteiger partial charge in [-0.15, -0.1) is 0 Å². The summed E-state index contributed by atoms with van der Waals surface area (Å²) < 4.78 is 0. The first-order valence-electron chi connectivity index (χ1n) is 10.4. The number of aromatic carboxylic acids is 1. The van der Waals surface area contributed by atoms with Gasteiger partial charge in [0.15, 0.2) is 0 Å².